The van der Waals surface area contributed by atoms with E-state index < -0.39 is 5.97 Å². The van der Waals surface area contributed by atoms with Crippen LogP contribution in [0.2, 0.25) is 10.0 Å². The fraction of sp³-hybridized carbons (Fsp3) is 0.222. The van der Waals surface area contributed by atoms with Crippen LogP contribution in [0.3, 0.4) is 0 Å². The maximum Gasteiger partial charge on any atom is 0.332 e. The zero-order valence-electron chi connectivity index (χ0n) is 14.2. The molecule has 0 fully saturated rings. The van der Waals surface area contributed by atoms with Crippen LogP contribution < -0.4 is 10.5 Å². The van der Waals surface area contributed by atoms with Gasteiger partial charge in [-0.05, 0) is 38.1 Å². The first kappa shape index (κ1) is 20.8. The van der Waals surface area contributed by atoms with Crippen molar-refractivity contribution in [2.24, 2.45) is 10.9 Å². The van der Waals surface area contributed by atoms with E-state index in [2.05, 4.69) is 9.99 Å². The van der Waals surface area contributed by atoms with E-state index in [1.165, 1.54) is 6.92 Å². The highest BCUT2D eigenvalue weighted by Gasteiger charge is 2.10. The fourth-order valence-corrected chi connectivity index (χ4v) is 2.26. The lowest BCUT2D eigenvalue weighted by Crippen LogP contribution is -2.15. The minimum absolute atomic E-state index is 0.0409. The number of carbonyl (C=O) groups is 1. The van der Waals surface area contributed by atoms with Crippen LogP contribution in [0.25, 0.3) is 0 Å². The van der Waals surface area contributed by atoms with E-state index >= 15 is 0 Å². The van der Waals surface area contributed by atoms with Gasteiger partial charge in [0.05, 0.1) is 21.7 Å². The molecule has 2 N–H and O–H groups in total. The summed E-state index contributed by atoms with van der Waals surface area (Å²) in [4.78, 5) is 14.9. The Hall–Kier alpha value is -2.24. The Bertz CT molecular complexity index is 699. The molecule has 0 aliphatic carbocycles. The van der Waals surface area contributed by atoms with Crippen LogP contribution in [0.4, 0.5) is 0 Å². The number of carbonyl (C=O) groups excluding carboxylic acids is 1. The third kappa shape index (κ3) is 7.92. The standard InChI is InChI=1S/C9H8Cl2N2O2.C9H12O/c1-5(14)15-13-9(12)8-6(10)3-2-4-7(8)11;1-8(2)10-9-6-4-3-5-7-9/h2-4H,1H3,(H2,12,13);3-8H,1-2H3. The molecule has 0 radical (unpaired) electrons. The maximum absolute atomic E-state index is 10.5. The number of hydrogen-bond acceptors (Lipinski definition) is 4. The van der Waals surface area contributed by atoms with Gasteiger partial charge in [0.25, 0.3) is 0 Å². The van der Waals surface area contributed by atoms with Crippen LogP contribution in [-0.4, -0.2) is 17.9 Å². The van der Waals surface area contributed by atoms with Gasteiger partial charge in [0, 0.05) is 6.92 Å². The second-order valence-corrected chi connectivity index (χ2v) is 5.95. The Balaban J connectivity index is 0.000000271. The van der Waals surface area contributed by atoms with E-state index in [0.29, 0.717) is 15.6 Å². The van der Waals surface area contributed by atoms with Gasteiger partial charge in [-0.3, -0.25) is 0 Å². The first-order valence-electron chi connectivity index (χ1n) is 7.48. The fourth-order valence-electron chi connectivity index (χ4n) is 1.67. The molecule has 2 aromatic carbocycles. The SMILES string of the molecule is CC(=O)ON=C(N)c1c(Cl)cccc1Cl.CC(C)Oc1ccccc1. The molecule has 5 nitrogen and oxygen atoms in total. The molecule has 0 saturated carbocycles. The predicted molar refractivity (Wildman–Crippen MR) is 101 cm³/mol. The number of nitrogens with two attached hydrogens (primary N) is 1. The van der Waals surface area contributed by atoms with Crippen molar-refractivity contribution in [2.45, 2.75) is 26.9 Å². The first-order valence-corrected chi connectivity index (χ1v) is 8.24. The van der Waals surface area contributed by atoms with E-state index in [4.69, 9.17) is 33.7 Å². The number of hydrogen-bond donors (Lipinski definition) is 1. The van der Waals surface area contributed by atoms with E-state index in [1.54, 1.807) is 18.2 Å². The van der Waals surface area contributed by atoms with Gasteiger partial charge < -0.3 is 15.3 Å². The number of nitrogens with zero attached hydrogens (tertiary/aromatic N) is 1. The quantitative estimate of drug-likeness (QED) is 0.361. The molecule has 0 bridgehead atoms. The molecule has 0 aromatic heterocycles. The molecule has 0 heterocycles. The normalized spacial score (nSPS) is 10.7. The summed E-state index contributed by atoms with van der Waals surface area (Å²) in [6.45, 7) is 5.25. The predicted octanol–water partition coefficient (Wildman–Crippen LogP) is 4.65. The summed E-state index contributed by atoms with van der Waals surface area (Å²) in [5.41, 5.74) is 5.90. The van der Waals surface area contributed by atoms with E-state index in [9.17, 15) is 4.79 Å². The molecule has 0 amide bonds. The second kappa shape index (κ2) is 10.6. The van der Waals surface area contributed by atoms with Gasteiger partial charge in [0.15, 0.2) is 5.84 Å². The monoisotopic (exact) mass is 382 g/mol. The Morgan fingerprint density at radius 3 is 2.08 bits per heavy atom. The summed E-state index contributed by atoms with van der Waals surface area (Å²) < 4.78 is 5.41. The molecule has 2 rings (SSSR count). The lowest BCUT2D eigenvalue weighted by atomic mass is 10.2. The summed E-state index contributed by atoms with van der Waals surface area (Å²) in [6.07, 6.45) is 0.266. The third-order valence-corrected chi connectivity index (χ3v) is 3.24. The number of halogens is 2. The number of ether oxygens (including phenoxy) is 1. The molecule has 2 aromatic rings. The Morgan fingerprint density at radius 1 is 1.04 bits per heavy atom. The molecule has 0 saturated heterocycles. The molecule has 7 heteroatoms. The molecule has 0 aliphatic rings. The van der Waals surface area contributed by atoms with Crippen LogP contribution in [0.5, 0.6) is 5.75 Å². The molecule has 0 spiro atoms. The van der Waals surface area contributed by atoms with Gasteiger partial charge in [-0.15, -0.1) is 0 Å². The van der Waals surface area contributed by atoms with Gasteiger partial charge in [-0.2, -0.15) is 0 Å². The Kier molecular flexibility index (Phi) is 8.81. The van der Waals surface area contributed by atoms with Gasteiger partial charge in [0.2, 0.25) is 0 Å². The largest absolute Gasteiger partial charge is 0.491 e. The van der Waals surface area contributed by atoms with Crippen molar-refractivity contribution in [2.75, 3.05) is 0 Å². The minimum atomic E-state index is -0.568. The number of oxime groups is 1. The summed E-state index contributed by atoms with van der Waals surface area (Å²) in [5.74, 6) is 0.333. The molecule has 0 unspecified atom stereocenters. The molecular weight excluding hydrogens is 363 g/mol. The highest BCUT2D eigenvalue weighted by atomic mass is 35.5. The number of benzene rings is 2. The van der Waals surface area contributed by atoms with Crippen molar-refractivity contribution in [1.29, 1.82) is 0 Å². The topological polar surface area (TPSA) is 73.9 Å². The number of amidine groups is 1. The van der Waals surface area contributed by atoms with Crippen molar-refractivity contribution >= 4 is 35.0 Å². The average Bonchev–Trinajstić information content (AvgIpc) is 2.54. The van der Waals surface area contributed by atoms with Crippen molar-refractivity contribution in [1.82, 2.24) is 0 Å². The van der Waals surface area contributed by atoms with Crippen LogP contribution >= 0.6 is 23.2 Å². The van der Waals surface area contributed by atoms with Gasteiger partial charge in [-0.25, -0.2) is 4.79 Å². The molecular formula is C18H20Cl2N2O3. The summed E-state index contributed by atoms with van der Waals surface area (Å²) in [6, 6.07) is 14.7. The van der Waals surface area contributed by atoms with E-state index in [-0.39, 0.29) is 11.9 Å². The zero-order valence-corrected chi connectivity index (χ0v) is 15.7. The highest BCUT2D eigenvalue weighted by molar-refractivity contribution is 6.39. The van der Waals surface area contributed by atoms with Crippen molar-refractivity contribution < 1.29 is 14.4 Å². The lowest BCUT2D eigenvalue weighted by Gasteiger charge is -2.07. The van der Waals surface area contributed by atoms with Gasteiger partial charge in [0.1, 0.15) is 5.75 Å². The summed E-state index contributed by atoms with van der Waals surface area (Å²) >= 11 is 11.7. The lowest BCUT2D eigenvalue weighted by molar-refractivity contribution is -0.140. The number of para-hydroxylation sites is 1. The molecule has 0 atom stereocenters. The second-order valence-electron chi connectivity index (χ2n) is 5.14. The van der Waals surface area contributed by atoms with Gasteiger partial charge in [-0.1, -0.05) is 52.6 Å². The van der Waals surface area contributed by atoms with E-state index in [1.807, 2.05) is 44.2 Å². The molecule has 25 heavy (non-hydrogen) atoms. The van der Waals surface area contributed by atoms with Crippen molar-refractivity contribution in [3.8, 4) is 5.75 Å². The maximum atomic E-state index is 10.5. The van der Waals surface area contributed by atoms with Gasteiger partial charge >= 0.3 is 5.97 Å². The highest BCUT2D eigenvalue weighted by Crippen LogP contribution is 2.23. The van der Waals surface area contributed by atoms with Crippen LogP contribution in [0.1, 0.15) is 26.3 Å². The van der Waals surface area contributed by atoms with Crippen molar-refractivity contribution in [3.63, 3.8) is 0 Å². The Labute approximate surface area is 157 Å². The third-order valence-electron chi connectivity index (χ3n) is 2.61. The zero-order chi connectivity index (χ0) is 18.8. The van der Waals surface area contributed by atoms with E-state index in [0.717, 1.165) is 5.75 Å². The Morgan fingerprint density at radius 2 is 1.60 bits per heavy atom. The number of rotatable bonds is 4. The van der Waals surface area contributed by atoms with Crippen LogP contribution in [0, 0.1) is 0 Å². The smallest absolute Gasteiger partial charge is 0.332 e. The first-order chi connectivity index (χ1) is 11.8. The molecule has 134 valence electrons. The summed E-state index contributed by atoms with van der Waals surface area (Å²) in [5, 5.41) is 4.08. The minimum Gasteiger partial charge on any atom is -0.491 e. The molecule has 0 aliphatic heterocycles. The van der Waals surface area contributed by atoms with Crippen LogP contribution in [0.15, 0.2) is 53.7 Å². The van der Waals surface area contributed by atoms with Crippen molar-refractivity contribution in [3.05, 3.63) is 64.1 Å². The summed E-state index contributed by atoms with van der Waals surface area (Å²) in [7, 11) is 0. The average molecular weight is 383 g/mol. The van der Waals surface area contributed by atoms with Crippen LogP contribution in [-0.2, 0) is 9.63 Å².